The lowest BCUT2D eigenvalue weighted by atomic mass is 9.88. The van der Waals surface area contributed by atoms with Gasteiger partial charge in [0.05, 0.1) is 5.56 Å². The second-order valence-corrected chi connectivity index (χ2v) is 7.24. The molecule has 1 aliphatic carbocycles. The minimum absolute atomic E-state index is 0.355. The maximum atomic E-state index is 13.3. The highest BCUT2D eigenvalue weighted by Crippen LogP contribution is 2.33. The smallest absolute Gasteiger partial charge is 0.315 e. The number of nitrogens with one attached hydrogen (secondary N) is 1. The fourth-order valence-corrected chi connectivity index (χ4v) is 4.15. The fraction of sp³-hybridized carbons (Fsp3) is 0.684. The van der Waals surface area contributed by atoms with Gasteiger partial charge in [-0.05, 0) is 43.4 Å². The van der Waals surface area contributed by atoms with Crippen LogP contribution in [0.5, 0.6) is 0 Å². The average Bonchev–Trinajstić information content (AvgIpc) is 3.09. The Morgan fingerprint density at radius 1 is 1.04 bits per heavy atom. The van der Waals surface area contributed by atoms with Crippen molar-refractivity contribution in [3.63, 3.8) is 0 Å². The van der Waals surface area contributed by atoms with Gasteiger partial charge in [0.1, 0.15) is 0 Å². The van der Waals surface area contributed by atoms with Gasteiger partial charge in [0, 0.05) is 25.7 Å². The standard InChI is InChI=1S/C19H27F3N2/c20-19(21,22)18-9-5-4-8-16(18)14-24(17-10-11-23-12-17)13-15-6-2-1-3-7-15/h4-5,8-9,15,17,23H,1-3,6-7,10-14H2. The molecule has 0 amide bonds. The molecule has 0 bridgehead atoms. The molecule has 5 heteroatoms. The molecule has 1 heterocycles. The molecule has 1 aliphatic heterocycles. The first-order valence-electron chi connectivity index (χ1n) is 9.14. The highest BCUT2D eigenvalue weighted by molar-refractivity contribution is 5.29. The third kappa shape index (κ3) is 4.51. The molecule has 3 rings (SSSR count). The lowest BCUT2D eigenvalue weighted by Gasteiger charge is -2.34. The van der Waals surface area contributed by atoms with Gasteiger partial charge in [-0.1, -0.05) is 37.5 Å². The van der Waals surface area contributed by atoms with Crippen LogP contribution in [0.3, 0.4) is 0 Å². The van der Waals surface area contributed by atoms with E-state index in [9.17, 15) is 13.2 Å². The van der Waals surface area contributed by atoms with Gasteiger partial charge in [-0.2, -0.15) is 13.2 Å². The molecule has 1 atom stereocenters. The number of hydrogen-bond donors (Lipinski definition) is 1. The van der Waals surface area contributed by atoms with Crippen LogP contribution in [-0.2, 0) is 12.7 Å². The molecule has 2 nitrogen and oxygen atoms in total. The maximum Gasteiger partial charge on any atom is 0.416 e. The van der Waals surface area contributed by atoms with Crippen LogP contribution < -0.4 is 5.32 Å². The summed E-state index contributed by atoms with van der Waals surface area (Å²) in [6.07, 6.45) is 3.02. The second-order valence-electron chi connectivity index (χ2n) is 7.24. The summed E-state index contributed by atoms with van der Waals surface area (Å²) in [4.78, 5) is 2.31. The van der Waals surface area contributed by atoms with Crippen molar-refractivity contribution in [3.8, 4) is 0 Å². The number of hydrogen-bond acceptors (Lipinski definition) is 2. The normalized spacial score (nSPS) is 23.1. The second kappa shape index (κ2) is 7.87. The number of alkyl halides is 3. The predicted molar refractivity (Wildman–Crippen MR) is 89.7 cm³/mol. The van der Waals surface area contributed by atoms with E-state index in [0.717, 1.165) is 26.1 Å². The van der Waals surface area contributed by atoms with Gasteiger partial charge in [-0.3, -0.25) is 4.90 Å². The maximum absolute atomic E-state index is 13.3. The van der Waals surface area contributed by atoms with E-state index in [0.29, 0.717) is 24.1 Å². The number of halogens is 3. The summed E-state index contributed by atoms with van der Waals surface area (Å²) in [7, 11) is 0. The van der Waals surface area contributed by atoms with Crippen molar-refractivity contribution in [1.82, 2.24) is 10.2 Å². The lowest BCUT2D eigenvalue weighted by Crippen LogP contribution is -2.40. The Balaban J connectivity index is 1.76. The number of rotatable bonds is 5. The van der Waals surface area contributed by atoms with Gasteiger partial charge in [0.25, 0.3) is 0 Å². The zero-order valence-corrected chi connectivity index (χ0v) is 14.1. The minimum Gasteiger partial charge on any atom is -0.315 e. The number of nitrogens with zero attached hydrogens (tertiary/aromatic N) is 1. The molecule has 1 aromatic rings. The monoisotopic (exact) mass is 340 g/mol. The van der Waals surface area contributed by atoms with Crippen LogP contribution in [0, 0.1) is 5.92 Å². The van der Waals surface area contributed by atoms with Crippen LogP contribution in [0.1, 0.15) is 49.7 Å². The van der Waals surface area contributed by atoms with Gasteiger partial charge in [-0.25, -0.2) is 0 Å². The Morgan fingerprint density at radius 2 is 1.79 bits per heavy atom. The Kier molecular flexibility index (Phi) is 5.82. The van der Waals surface area contributed by atoms with E-state index in [4.69, 9.17) is 0 Å². The van der Waals surface area contributed by atoms with Crippen LogP contribution in [0.4, 0.5) is 13.2 Å². The van der Waals surface area contributed by atoms with Crippen LogP contribution in [0.2, 0.25) is 0 Å². The van der Waals surface area contributed by atoms with Crippen molar-refractivity contribution in [2.75, 3.05) is 19.6 Å². The molecule has 1 aromatic carbocycles. The summed E-state index contributed by atoms with van der Waals surface area (Å²) in [5.41, 5.74) is -0.0719. The number of benzene rings is 1. The molecular formula is C19H27F3N2. The summed E-state index contributed by atoms with van der Waals surface area (Å²) >= 11 is 0. The van der Waals surface area contributed by atoms with Crippen molar-refractivity contribution < 1.29 is 13.2 Å². The van der Waals surface area contributed by atoms with Crippen molar-refractivity contribution in [3.05, 3.63) is 35.4 Å². The highest BCUT2D eigenvalue weighted by Gasteiger charge is 2.34. The Morgan fingerprint density at radius 3 is 2.46 bits per heavy atom. The zero-order chi connectivity index (χ0) is 17.0. The van der Waals surface area contributed by atoms with Gasteiger partial charge in [0.2, 0.25) is 0 Å². The van der Waals surface area contributed by atoms with Gasteiger partial charge < -0.3 is 5.32 Å². The largest absolute Gasteiger partial charge is 0.416 e. The molecular weight excluding hydrogens is 313 g/mol. The molecule has 0 spiro atoms. The molecule has 1 saturated heterocycles. The zero-order valence-electron chi connectivity index (χ0n) is 14.1. The quantitative estimate of drug-likeness (QED) is 0.852. The molecule has 134 valence electrons. The average molecular weight is 340 g/mol. The van der Waals surface area contributed by atoms with Crippen LogP contribution >= 0.6 is 0 Å². The van der Waals surface area contributed by atoms with Gasteiger partial charge in [-0.15, -0.1) is 0 Å². The van der Waals surface area contributed by atoms with E-state index < -0.39 is 11.7 Å². The summed E-state index contributed by atoms with van der Waals surface area (Å²) in [6.45, 7) is 3.19. The molecule has 1 unspecified atom stereocenters. The van der Waals surface area contributed by atoms with Crippen LogP contribution in [0.15, 0.2) is 24.3 Å². The summed E-state index contributed by atoms with van der Waals surface area (Å²) in [5.74, 6) is 0.636. The van der Waals surface area contributed by atoms with Crippen molar-refractivity contribution in [2.45, 2.75) is 57.3 Å². The summed E-state index contributed by atoms with van der Waals surface area (Å²) in [6, 6.07) is 6.40. The molecule has 1 N–H and O–H groups in total. The molecule has 2 fully saturated rings. The van der Waals surface area contributed by atoms with Crippen molar-refractivity contribution in [2.24, 2.45) is 5.92 Å². The first kappa shape index (κ1) is 17.7. The van der Waals surface area contributed by atoms with Crippen molar-refractivity contribution in [1.29, 1.82) is 0 Å². The summed E-state index contributed by atoms with van der Waals surface area (Å²) in [5, 5.41) is 3.36. The van der Waals surface area contributed by atoms with E-state index in [-0.39, 0.29) is 0 Å². The van der Waals surface area contributed by atoms with E-state index in [1.54, 1.807) is 12.1 Å². The Labute approximate surface area is 142 Å². The molecule has 0 radical (unpaired) electrons. The SMILES string of the molecule is FC(F)(F)c1ccccc1CN(CC1CCCCC1)C1CCNC1. The van der Waals surface area contributed by atoms with E-state index in [1.807, 2.05) is 0 Å². The fourth-order valence-electron chi connectivity index (χ4n) is 4.15. The van der Waals surface area contributed by atoms with E-state index in [2.05, 4.69) is 10.2 Å². The lowest BCUT2D eigenvalue weighted by molar-refractivity contribution is -0.138. The molecule has 24 heavy (non-hydrogen) atoms. The Bertz CT molecular complexity index is 518. The van der Waals surface area contributed by atoms with Crippen LogP contribution in [0.25, 0.3) is 0 Å². The van der Waals surface area contributed by atoms with Crippen LogP contribution in [-0.4, -0.2) is 30.6 Å². The molecule has 0 aromatic heterocycles. The molecule has 2 aliphatic rings. The third-order valence-electron chi connectivity index (χ3n) is 5.46. The van der Waals surface area contributed by atoms with E-state index in [1.165, 1.54) is 44.2 Å². The molecule has 1 saturated carbocycles. The van der Waals surface area contributed by atoms with Gasteiger partial charge in [0.15, 0.2) is 0 Å². The highest BCUT2D eigenvalue weighted by atomic mass is 19.4. The first-order chi connectivity index (χ1) is 11.5. The van der Waals surface area contributed by atoms with Gasteiger partial charge >= 0.3 is 6.18 Å². The first-order valence-corrected chi connectivity index (χ1v) is 9.14. The predicted octanol–water partition coefficient (Wildman–Crippen LogP) is 4.45. The Hall–Kier alpha value is -1.07. The topological polar surface area (TPSA) is 15.3 Å². The van der Waals surface area contributed by atoms with E-state index >= 15 is 0 Å². The minimum atomic E-state index is -4.28. The van der Waals surface area contributed by atoms with Crippen molar-refractivity contribution >= 4 is 0 Å². The third-order valence-corrected chi connectivity index (χ3v) is 5.46. The summed E-state index contributed by atoms with van der Waals surface area (Å²) < 4.78 is 39.9.